The normalized spacial score (nSPS) is 23.6. The lowest BCUT2D eigenvalue weighted by atomic mass is 9.90. The molecule has 1 aromatic carbocycles. The van der Waals surface area contributed by atoms with Crippen LogP contribution in [0.3, 0.4) is 0 Å². The standard InChI is InChI=1S/C29H34N6O2/c1-33-26-22(32-28(33)24-13-19-6-4-10-31-27(19)34(24)15-17-8-9-17)12-20(14-25(26)37-2)29(36)35-16-18-5-3-7-23(35)21(30)11-18/h4,6,10,12-14,17-18,21,23H,3,5,7-9,11,15-16,30H2,1-2H3/t18-,21+,23+/m1/s1. The smallest absolute Gasteiger partial charge is 0.254 e. The van der Waals surface area contributed by atoms with Gasteiger partial charge in [-0.3, -0.25) is 4.79 Å². The van der Waals surface area contributed by atoms with Gasteiger partial charge in [0, 0.05) is 49.4 Å². The zero-order valence-electron chi connectivity index (χ0n) is 21.6. The number of benzene rings is 1. The molecule has 37 heavy (non-hydrogen) atoms. The second-order valence-corrected chi connectivity index (χ2v) is 11.3. The van der Waals surface area contributed by atoms with Crippen LogP contribution in [0.15, 0.2) is 36.5 Å². The molecule has 5 heterocycles. The molecule has 0 unspecified atom stereocenters. The minimum atomic E-state index is 0.0338. The van der Waals surface area contributed by atoms with Gasteiger partial charge in [-0.05, 0) is 74.3 Å². The van der Waals surface area contributed by atoms with Crippen molar-refractivity contribution in [2.45, 2.75) is 57.2 Å². The number of nitrogens with zero attached hydrogens (tertiary/aromatic N) is 5. The highest BCUT2D eigenvalue weighted by Crippen LogP contribution is 2.38. The number of carbonyl (C=O) groups excluding carboxylic acids is 1. The lowest BCUT2D eigenvalue weighted by molar-refractivity contribution is 0.0527. The molecule has 4 fully saturated rings. The number of rotatable bonds is 5. The SMILES string of the molecule is COc1cc(C(=O)N2C[C@@H]3CCC[C@H]2[C@@H](N)C3)cc2nc(-c3cc4cccnc4n3CC3CC3)n(C)c12. The number of hydrogen-bond acceptors (Lipinski definition) is 5. The molecule has 8 rings (SSSR count). The van der Waals surface area contributed by atoms with Crippen molar-refractivity contribution >= 4 is 28.0 Å². The van der Waals surface area contributed by atoms with Crippen LogP contribution in [0.5, 0.6) is 5.75 Å². The van der Waals surface area contributed by atoms with E-state index in [1.807, 2.05) is 36.3 Å². The molecule has 0 radical (unpaired) electrons. The molecular formula is C29H34N6O2. The van der Waals surface area contributed by atoms with E-state index in [2.05, 4.69) is 26.3 Å². The van der Waals surface area contributed by atoms with Crippen LogP contribution < -0.4 is 10.5 Å². The summed E-state index contributed by atoms with van der Waals surface area (Å²) in [5, 5.41) is 1.11. The quantitative estimate of drug-likeness (QED) is 0.442. The molecule has 2 bridgehead atoms. The summed E-state index contributed by atoms with van der Waals surface area (Å²) < 4.78 is 10.2. The maximum Gasteiger partial charge on any atom is 0.254 e. The third-order valence-electron chi connectivity index (χ3n) is 8.75. The van der Waals surface area contributed by atoms with Gasteiger partial charge >= 0.3 is 0 Å². The topological polar surface area (TPSA) is 91.2 Å². The third-order valence-corrected chi connectivity index (χ3v) is 8.75. The molecule has 8 heteroatoms. The van der Waals surface area contributed by atoms with Crippen LogP contribution in [-0.2, 0) is 13.6 Å². The van der Waals surface area contributed by atoms with Gasteiger partial charge < -0.3 is 24.5 Å². The molecule has 192 valence electrons. The molecule has 3 atom stereocenters. The summed E-state index contributed by atoms with van der Waals surface area (Å²) in [7, 11) is 3.68. The van der Waals surface area contributed by atoms with Gasteiger partial charge in [0.25, 0.3) is 5.91 Å². The van der Waals surface area contributed by atoms with E-state index in [4.69, 9.17) is 15.5 Å². The van der Waals surface area contributed by atoms with Crippen molar-refractivity contribution in [2.24, 2.45) is 24.6 Å². The van der Waals surface area contributed by atoms with Crippen LogP contribution in [0.2, 0.25) is 0 Å². The van der Waals surface area contributed by atoms with Crippen LogP contribution in [-0.4, -0.2) is 55.6 Å². The Bertz CT molecular complexity index is 1520. The first-order chi connectivity index (χ1) is 18.0. The Morgan fingerprint density at radius 2 is 2.05 bits per heavy atom. The van der Waals surface area contributed by atoms with Gasteiger partial charge in [-0.1, -0.05) is 6.42 Å². The van der Waals surface area contributed by atoms with Crippen molar-refractivity contribution in [3.05, 3.63) is 42.1 Å². The number of imidazole rings is 1. The predicted molar refractivity (Wildman–Crippen MR) is 143 cm³/mol. The fourth-order valence-electron chi connectivity index (χ4n) is 6.69. The van der Waals surface area contributed by atoms with Crippen molar-refractivity contribution in [1.29, 1.82) is 0 Å². The Balaban J connectivity index is 1.33. The summed E-state index contributed by atoms with van der Waals surface area (Å²) >= 11 is 0. The average Bonchev–Trinajstić information content (AvgIpc) is 3.65. The van der Waals surface area contributed by atoms with Gasteiger partial charge in [0.05, 0.1) is 18.3 Å². The van der Waals surface area contributed by atoms with Gasteiger partial charge in [-0.25, -0.2) is 9.97 Å². The van der Waals surface area contributed by atoms with Gasteiger partial charge in [0.15, 0.2) is 5.82 Å². The Labute approximate surface area is 216 Å². The predicted octanol–water partition coefficient (Wildman–Crippen LogP) is 4.35. The summed E-state index contributed by atoms with van der Waals surface area (Å²) in [6.45, 7) is 1.73. The van der Waals surface area contributed by atoms with Crippen LogP contribution in [0.1, 0.15) is 48.9 Å². The van der Waals surface area contributed by atoms with Gasteiger partial charge in [-0.2, -0.15) is 0 Å². The van der Waals surface area contributed by atoms with Crippen molar-refractivity contribution < 1.29 is 9.53 Å². The van der Waals surface area contributed by atoms with Crippen LogP contribution in [0, 0.1) is 11.8 Å². The van der Waals surface area contributed by atoms with E-state index in [-0.39, 0.29) is 18.0 Å². The number of hydrogen-bond donors (Lipinski definition) is 1. The number of piperidine rings is 1. The fraction of sp³-hybridized carbons (Fsp3) is 0.483. The lowest BCUT2D eigenvalue weighted by Crippen LogP contribution is -2.55. The number of nitrogens with two attached hydrogens (primary N) is 1. The molecule has 2 saturated carbocycles. The molecule has 4 aliphatic rings. The van der Waals surface area contributed by atoms with E-state index in [0.717, 1.165) is 72.4 Å². The average molecular weight is 499 g/mol. The van der Waals surface area contributed by atoms with Crippen molar-refractivity contribution in [2.75, 3.05) is 13.7 Å². The second-order valence-electron chi connectivity index (χ2n) is 11.3. The first-order valence-electron chi connectivity index (χ1n) is 13.6. The number of carbonyl (C=O) groups is 1. The number of fused-ring (bicyclic) bond motifs is 6. The van der Waals surface area contributed by atoms with E-state index in [1.165, 1.54) is 12.8 Å². The zero-order chi connectivity index (χ0) is 25.3. The van der Waals surface area contributed by atoms with Crippen molar-refractivity contribution in [1.82, 2.24) is 24.0 Å². The first-order valence-corrected chi connectivity index (χ1v) is 13.6. The van der Waals surface area contributed by atoms with Crippen molar-refractivity contribution in [3.63, 3.8) is 0 Å². The zero-order valence-corrected chi connectivity index (χ0v) is 21.6. The summed E-state index contributed by atoms with van der Waals surface area (Å²) in [4.78, 5) is 25.6. The number of methoxy groups -OCH3 is 1. The summed E-state index contributed by atoms with van der Waals surface area (Å²) in [5.74, 6) is 2.74. The molecule has 8 nitrogen and oxygen atoms in total. The lowest BCUT2D eigenvalue weighted by Gasteiger charge is -2.40. The molecule has 3 aromatic heterocycles. The number of aryl methyl sites for hydroxylation is 1. The molecule has 2 aliphatic carbocycles. The third kappa shape index (κ3) is 3.72. The molecule has 4 aromatic rings. The largest absolute Gasteiger partial charge is 0.494 e. The monoisotopic (exact) mass is 498 g/mol. The van der Waals surface area contributed by atoms with Gasteiger partial charge in [0.2, 0.25) is 0 Å². The Morgan fingerprint density at radius 1 is 1.19 bits per heavy atom. The summed E-state index contributed by atoms with van der Waals surface area (Å²) in [6, 6.07) is 10.2. The molecule has 0 spiro atoms. The summed E-state index contributed by atoms with van der Waals surface area (Å²) in [5.41, 5.74) is 10.8. The number of amides is 1. The van der Waals surface area contributed by atoms with Gasteiger partial charge in [-0.15, -0.1) is 0 Å². The second kappa shape index (κ2) is 8.58. The minimum absolute atomic E-state index is 0.0338. The van der Waals surface area contributed by atoms with E-state index in [9.17, 15) is 4.79 Å². The van der Waals surface area contributed by atoms with Crippen molar-refractivity contribution in [3.8, 4) is 17.3 Å². The fourth-order valence-corrected chi connectivity index (χ4v) is 6.69. The van der Waals surface area contributed by atoms with E-state index >= 15 is 0 Å². The van der Waals surface area contributed by atoms with E-state index in [1.54, 1.807) is 7.11 Å². The molecule has 1 amide bonds. The first kappa shape index (κ1) is 22.8. The number of aromatic nitrogens is 4. The maximum atomic E-state index is 13.8. The summed E-state index contributed by atoms with van der Waals surface area (Å²) in [6.07, 6.45) is 8.67. The van der Waals surface area contributed by atoms with Crippen LogP contribution >= 0.6 is 0 Å². The van der Waals surface area contributed by atoms with Crippen LogP contribution in [0.4, 0.5) is 0 Å². The Hall–Kier alpha value is -3.39. The minimum Gasteiger partial charge on any atom is -0.494 e. The Kier molecular flexibility index (Phi) is 5.29. The molecule has 2 saturated heterocycles. The Morgan fingerprint density at radius 3 is 2.86 bits per heavy atom. The highest BCUT2D eigenvalue weighted by molar-refractivity contribution is 6.00. The molecule has 2 aliphatic heterocycles. The maximum absolute atomic E-state index is 13.8. The van der Waals surface area contributed by atoms with Crippen LogP contribution in [0.25, 0.3) is 33.6 Å². The highest BCUT2D eigenvalue weighted by Gasteiger charge is 2.39. The van der Waals surface area contributed by atoms with E-state index < -0.39 is 0 Å². The van der Waals surface area contributed by atoms with E-state index in [0.29, 0.717) is 23.1 Å². The number of ether oxygens (including phenoxy) is 1. The molecular weight excluding hydrogens is 464 g/mol. The van der Waals surface area contributed by atoms with Gasteiger partial charge in [0.1, 0.15) is 16.9 Å². The molecule has 2 N–H and O–H groups in total. The number of pyridine rings is 1. The highest BCUT2D eigenvalue weighted by atomic mass is 16.5.